The molecule has 1 aromatic heterocycles. The first-order valence-electron chi connectivity index (χ1n) is 7.05. The van der Waals surface area contributed by atoms with Crippen LogP contribution in [0.3, 0.4) is 0 Å². The van der Waals surface area contributed by atoms with Crippen LogP contribution in [0, 0.1) is 0 Å². The van der Waals surface area contributed by atoms with Crippen molar-refractivity contribution < 1.29 is 0 Å². The molecule has 0 saturated carbocycles. The molecule has 0 amide bonds. The molecule has 108 valence electrons. The molecule has 0 aromatic carbocycles. The second kappa shape index (κ2) is 6.87. The zero-order chi connectivity index (χ0) is 14.5. The van der Waals surface area contributed by atoms with E-state index in [4.69, 9.17) is 5.73 Å². The summed E-state index contributed by atoms with van der Waals surface area (Å²) in [6.45, 7) is 4.52. The lowest BCUT2D eigenvalue weighted by atomic mass is 9.80. The Bertz CT molecular complexity index is 385. The van der Waals surface area contributed by atoms with Crippen molar-refractivity contribution in [3.05, 3.63) is 23.9 Å². The van der Waals surface area contributed by atoms with Crippen LogP contribution < -0.4 is 11.1 Å². The minimum atomic E-state index is 0.160. The predicted octanol–water partition coefficient (Wildman–Crippen LogP) is 1.91. The molecular weight excluding hydrogens is 236 g/mol. The highest BCUT2D eigenvalue weighted by Crippen LogP contribution is 2.28. The summed E-state index contributed by atoms with van der Waals surface area (Å²) in [7, 11) is 6.37. The molecule has 0 radical (unpaired) electrons. The van der Waals surface area contributed by atoms with E-state index in [1.807, 2.05) is 19.2 Å². The van der Waals surface area contributed by atoms with Gasteiger partial charge in [-0.05, 0) is 58.1 Å². The number of likely N-dealkylation sites (N-methyl/N-ethyl adjacent to an activating group) is 2. The standard InChI is InChI=1S/C15H28N4/c1-6-15(7-2,19(4)5)13(17-3)10-12-8-9-18-14(16)11-12/h8-9,11,13,17H,6-7,10H2,1-5H3,(H2,16,18). The Hall–Kier alpha value is -1.13. The average Bonchev–Trinajstić information content (AvgIpc) is 2.39. The third-order valence-electron chi connectivity index (χ3n) is 4.40. The molecule has 0 fully saturated rings. The van der Waals surface area contributed by atoms with E-state index in [1.54, 1.807) is 6.20 Å². The lowest BCUT2D eigenvalue weighted by Gasteiger charge is -2.45. The average molecular weight is 264 g/mol. The van der Waals surface area contributed by atoms with Crippen LogP contribution in [-0.2, 0) is 6.42 Å². The Morgan fingerprint density at radius 2 is 2.00 bits per heavy atom. The Morgan fingerprint density at radius 1 is 1.37 bits per heavy atom. The third-order valence-corrected chi connectivity index (χ3v) is 4.40. The number of nitrogen functional groups attached to an aromatic ring is 1. The van der Waals surface area contributed by atoms with Crippen LogP contribution in [-0.4, -0.2) is 42.6 Å². The van der Waals surface area contributed by atoms with Gasteiger partial charge in [0.05, 0.1) is 0 Å². The van der Waals surface area contributed by atoms with Crippen molar-refractivity contribution in [1.29, 1.82) is 0 Å². The second-order valence-corrected chi connectivity index (χ2v) is 5.34. The van der Waals surface area contributed by atoms with Crippen LogP contribution in [0.2, 0.25) is 0 Å². The molecule has 0 aliphatic heterocycles. The van der Waals surface area contributed by atoms with E-state index in [9.17, 15) is 0 Å². The van der Waals surface area contributed by atoms with Crippen molar-refractivity contribution in [3.63, 3.8) is 0 Å². The van der Waals surface area contributed by atoms with E-state index >= 15 is 0 Å². The van der Waals surface area contributed by atoms with Crippen LogP contribution in [0.4, 0.5) is 5.82 Å². The molecule has 19 heavy (non-hydrogen) atoms. The lowest BCUT2D eigenvalue weighted by Crippen LogP contribution is -2.58. The molecule has 1 atom stereocenters. The molecule has 0 saturated heterocycles. The number of nitrogens with two attached hydrogens (primary N) is 1. The Morgan fingerprint density at radius 3 is 2.42 bits per heavy atom. The molecule has 0 aliphatic carbocycles. The normalized spacial score (nSPS) is 13.8. The number of hydrogen-bond acceptors (Lipinski definition) is 4. The quantitative estimate of drug-likeness (QED) is 0.790. The Kier molecular flexibility index (Phi) is 5.76. The smallest absolute Gasteiger partial charge is 0.123 e. The van der Waals surface area contributed by atoms with E-state index in [0.717, 1.165) is 19.3 Å². The van der Waals surface area contributed by atoms with Crippen molar-refractivity contribution in [2.75, 3.05) is 26.9 Å². The number of anilines is 1. The highest BCUT2D eigenvalue weighted by molar-refractivity contribution is 5.32. The fourth-order valence-electron chi connectivity index (χ4n) is 3.10. The first-order chi connectivity index (χ1) is 9.00. The lowest BCUT2D eigenvalue weighted by molar-refractivity contribution is 0.0917. The largest absolute Gasteiger partial charge is 0.384 e. The van der Waals surface area contributed by atoms with Gasteiger partial charge in [-0.3, -0.25) is 0 Å². The van der Waals surface area contributed by atoms with Gasteiger partial charge in [0.1, 0.15) is 5.82 Å². The number of hydrogen-bond donors (Lipinski definition) is 2. The number of nitrogens with zero attached hydrogens (tertiary/aromatic N) is 2. The minimum Gasteiger partial charge on any atom is -0.384 e. The van der Waals surface area contributed by atoms with E-state index in [2.05, 4.69) is 43.1 Å². The van der Waals surface area contributed by atoms with Gasteiger partial charge < -0.3 is 16.0 Å². The van der Waals surface area contributed by atoms with E-state index in [1.165, 1.54) is 5.56 Å². The maximum absolute atomic E-state index is 5.77. The zero-order valence-corrected chi connectivity index (χ0v) is 12.9. The minimum absolute atomic E-state index is 0.160. The molecule has 1 aromatic rings. The van der Waals surface area contributed by atoms with Gasteiger partial charge in [0.2, 0.25) is 0 Å². The zero-order valence-electron chi connectivity index (χ0n) is 12.9. The molecule has 0 spiro atoms. The van der Waals surface area contributed by atoms with Crippen LogP contribution in [0.5, 0.6) is 0 Å². The Balaban J connectivity index is 2.98. The molecule has 1 heterocycles. The summed E-state index contributed by atoms with van der Waals surface area (Å²) in [6, 6.07) is 4.40. The fourth-order valence-corrected chi connectivity index (χ4v) is 3.10. The van der Waals surface area contributed by atoms with Gasteiger partial charge in [-0.15, -0.1) is 0 Å². The van der Waals surface area contributed by atoms with Crippen molar-refractivity contribution in [2.24, 2.45) is 0 Å². The molecule has 1 rings (SSSR count). The third kappa shape index (κ3) is 3.45. The summed E-state index contributed by atoms with van der Waals surface area (Å²) < 4.78 is 0. The fraction of sp³-hybridized carbons (Fsp3) is 0.667. The summed E-state index contributed by atoms with van der Waals surface area (Å²) in [6.07, 6.45) is 4.97. The molecule has 3 N–H and O–H groups in total. The molecular formula is C15H28N4. The monoisotopic (exact) mass is 264 g/mol. The summed E-state index contributed by atoms with van der Waals surface area (Å²) in [5.41, 5.74) is 7.16. The highest BCUT2D eigenvalue weighted by Gasteiger charge is 2.36. The number of nitrogens with one attached hydrogen (secondary N) is 1. The first-order valence-corrected chi connectivity index (χ1v) is 7.05. The van der Waals surface area contributed by atoms with Gasteiger partial charge in [-0.1, -0.05) is 13.8 Å². The van der Waals surface area contributed by atoms with Crippen molar-refractivity contribution in [3.8, 4) is 0 Å². The van der Waals surface area contributed by atoms with Crippen LogP contribution in [0.15, 0.2) is 18.3 Å². The van der Waals surface area contributed by atoms with E-state index in [-0.39, 0.29) is 5.54 Å². The summed E-state index contributed by atoms with van der Waals surface area (Å²) in [4.78, 5) is 6.40. The second-order valence-electron chi connectivity index (χ2n) is 5.34. The summed E-state index contributed by atoms with van der Waals surface area (Å²) in [5, 5.41) is 3.49. The predicted molar refractivity (Wildman–Crippen MR) is 82.2 cm³/mol. The molecule has 4 nitrogen and oxygen atoms in total. The van der Waals surface area contributed by atoms with E-state index < -0.39 is 0 Å². The van der Waals surface area contributed by atoms with Gasteiger partial charge in [-0.2, -0.15) is 0 Å². The number of pyridine rings is 1. The van der Waals surface area contributed by atoms with Crippen LogP contribution in [0.1, 0.15) is 32.3 Å². The van der Waals surface area contributed by atoms with Gasteiger partial charge in [0.25, 0.3) is 0 Å². The SMILES string of the molecule is CCC(CC)(C(Cc1ccnc(N)c1)NC)N(C)C. The van der Waals surface area contributed by atoms with Crippen molar-refractivity contribution >= 4 is 5.82 Å². The summed E-state index contributed by atoms with van der Waals surface area (Å²) in [5.74, 6) is 0.593. The van der Waals surface area contributed by atoms with Crippen LogP contribution >= 0.6 is 0 Å². The maximum atomic E-state index is 5.77. The molecule has 0 bridgehead atoms. The number of aromatic nitrogens is 1. The van der Waals surface area contributed by atoms with Gasteiger partial charge >= 0.3 is 0 Å². The summed E-state index contributed by atoms with van der Waals surface area (Å²) >= 11 is 0. The number of rotatable bonds is 7. The molecule has 4 heteroatoms. The molecule has 1 unspecified atom stereocenters. The highest BCUT2D eigenvalue weighted by atomic mass is 15.2. The van der Waals surface area contributed by atoms with Crippen molar-refractivity contribution in [2.45, 2.75) is 44.7 Å². The van der Waals surface area contributed by atoms with E-state index in [0.29, 0.717) is 11.9 Å². The first kappa shape index (κ1) is 15.9. The van der Waals surface area contributed by atoms with Gasteiger partial charge in [0, 0.05) is 17.8 Å². The topological polar surface area (TPSA) is 54.2 Å². The Labute approximate surface area is 117 Å². The van der Waals surface area contributed by atoms with Crippen LogP contribution in [0.25, 0.3) is 0 Å². The van der Waals surface area contributed by atoms with Gasteiger partial charge in [-0.25, -0.2) is 4.98 Å². The van der Waals surface area contributed by atoms with Gasteiger partial charge in [0.15, 0.2) is 0 Å². The molecule has 0 aliphatic rings. The van der Waals surface area contributed by atoms with Crippen molar-refractivity contribution in [1.82, 2.24) is 15.2 Å². The maximum Gasteiger partial charge on any atom is 0.123 e.